The van der Waals surface area contributed by atoms with E-state index in [0.717, 1.165) is 60.0 Å². The molecule has 4 aromatic rings. The van der Waals surface area contributed by atoms with Crippen molar-refractivity contribution in [3.8, 4) is 11.4 Å². The SMILES string of the molecule is CCCCc1ccc(C(=O)N2CCN(c3nc(-c4ccccc4)nc(C)c3Cc3cccc(C)c3)CC2)cc1. The summed E-state index contributed by atoms with van der Waals surface area (Å²) in [6, 6.07) is 27.0. The van der Waals surface area contributed by atoms with Gasteiger partial charge < -0.3 is 9.80 Å². The van der Waals surface area contributed by atoms with Gasteiger partial charge in [0.15, 0.2) is 5.82 Å². The Labute approximate surface area is 232 Å². The zero-order valence-electron chi connectivity index (χ0n) is 23.4. The fraction of sp³-hybridized carbons (Fsp3) is 0.324. The van der Waals surface area contributed by atoms with Crippen molar-refractivity contribution in [1.29, 1.82) is 0 Å². The number of rotatable bonds is 8. The molecule has 0 spiro atoms. The summed E-state index contributed by atoms with van der Waals surface area (Å²) in [6.07, 6.45) is 4.20. The Morgan fingerprint density at radius 3 is 2.26 bits per heavy atom. The van der Waals surface area contributed by atoms with Crippen molar-refractivity contribution in [2.45, 2.75) is 46.5 Å². The van der Waals surface area contributed by atoms with Gasteiger partial charge in [0.05, 0.1) is 0 Å². The second kappa shape index (κ2) is 12.2. The lowest BCUT2D eigenvalue weighted by Gasteiger charge is -2.36. The molecule has 5 heteroatoms. The van der Waals surface area contributed by atoms with E-state index in [0.29, 0.717) is 13.1 Å². The third kappa shape index (κ3) is 6.36. The van der Waals surface area contributed by atoms with E-state index in [9.17, 15) is 4.79 Å². The molecule has 200 valence electrons. The van der Waals surface area contributed by atoms with Crippen molar-refractivity contribution < 1.29 is 4.79 Å². The molecule has 0 aliphatic carbocycles. The normalized spacial score (nSPS) is 13.5. The highest BCUT2D eigenvalue weighted by atomic mass is 16.2. The van der Waals surface area contributed by atoms with Crippen LogP contribution in [0.2, 0.25) is 0 Å². The molecular weight excluding hydrogens is 480 g/mol. The quantitative estimate of drug-likeness (QED) is 0.262. The van der Waals surface area contributed by atoms with Crippen molar-refractivity contribution in [2.75, 3.05) is 31.1 Å². The summed E-state index contributed by atoms with van der Waals surface area (Å²) in [7, 11) is 0. The third-order valence-electron chi connectivity index (χ3n) is 7.57. The lowest BCUT2D eigenvalue weighted by molar-refractivity contribution is 0.0746. The Morgan fingerprint density at radius 2 is 1.56 bits per heavy atom. The number of carbonyl (C=O) groups excluding carboxylic acids is 1. The lowest BCUT2D eigenvalue weighted by atomic mass is 10.0. The van der Waals surface area contributed by atoms with Crippen LogP contribution < -0.4 is 4.90 Å². The number of aryl methyl sites for hydroxylation is 3. The summed E-state index contributed by atoms with van der Waals surface area (Å²) in [5.74, 6) is 1.84. The molecule has 0 N–H and O–H groups in total. The Bertz CT molecular complexity index is 1410. The lowest BCUT2D eigenvalue weighted by Crippen LogP contribution is -2.49. The van der Waals surface area contributed by atoms with Gasteiger partial charge in [-0.25, -0.2) is 9.97 Å². The zero-order chi connectivity index (χ0) is 27.2. The maximum Gasteiger partial charge on any atom is 0.253 e. The van der Waals surface area contributed by atoms with Crippen LogP contribution in [0.25, 0.3) is 11.4 Å². The van der Waals surface area contributed by atoms with E-state index in [2.05, 4.69) is 74.2 Å². The number of nitrogens with zero attached hydrogens (tertiary/aromatic N) is 4. The maximum absolute atomic E-state index is 13.3. The molecule has 1 fully saturated rings. The average Bonchev–Trinajstić information content (AvgIpc) is 2.97. The molecule has 1 saturated heterocycles. The van der Waals surface area contributed by atoms with Crippen molar-refractivity contribution >= 4 is 11.7 Å². The van der Waals surface area contributed by atoms with E-state index in [1.165, 1.54) is 29.5 Å². The van der Waals surface area contributed by atoms with Crippen molar-refractivity contribution in [3.63, 3.8) is 0 Å². The molecule has 0 bridgehead atoms. The van der Waals surface area contributed by atoms with Gasteiger partial charge in [-0.2, -0.15) is 0 Å². The van der Waals surface area contributed by atoms with Crippen LogP contribution in [0.1, 0.15) is 58.1 Å². The Hall–Kier alpha value is -3.99. The molecule has 0 saturated carbocycles. The average molecular weight is 519 g/mol. The zero-order valence-corrected chi connectivity index (χ0v) is 23.4. The second-order valence-corrected chi connectivity index (χ2v) is 10.5. The van der Waals surface area contributed by atoms with Crippen molar-refractivity contribution in [1.82, 2.24) is 14.9 Å². The first-order valence-electron chi connectivity index (χ1n) is 14.1. The topological polar surface area (TPSA) is 49.3 Å². The molecule has 39 heavy (non-hydrogen) atoms. The molecule has 5 nitrogen and oxygen atoms in total. The summed E-state index contributed by atoms with van der Waals surface area (Å²) in [4.78, 5) is 27.6. The maximum atomic E-state index is 13.3. The van der Waals surface area contributed by atoms with Crippen molar-refractivity contribution in [2.24, 2.45) is 0 Å². The predicted molar refractivity (Wildman–Crippen MR) is 159 cm³/mol. The largest absolute Gasteiger partial charge is 0.353 e. The van der Waals surface area contributed by atoms with Gasteiger partial charge in [-0.3, -0.25) is 4.79 Å². The van der Waals surface area contributed by atoms with E-state index in [1.54, 1.807) is 0 Å². The highest BCUT2D eigenvalue weighted by Crippen LogP contribution is 2.29. The third-order valence-corrected chi connectivity index (χ3v) is 7.57. The van der Waals surface area contributed by atoms with Crippen LogP contribution in [-0.4, -0.2) is 47.0 Å². The summed E-state index contributed by atoms with van der Waals surface area (Å²) >= 11 is 0. The molecule has 1 aromatic heterocycles. The predicted octanol–water partition coefficient (Wildman–Crippen LogP) is 6.66. The number of hydrogen-bond acceptors (Lipinski definition) is 4. The molecule has 0 atom stereocenters. The number of carbonyl (C=O) groups is 1. The Morgan fingerprint density at radius 1 is 0.821 bits per heavy atom. The minimum atomic E-state index is 0.112. The molecule has 0 radical (unpaired) electrons. The molecule has 1 amide bonds. The van der Waals surface area contributed by atoms with Crippen LogP contribution in [0.15, 0.2) is 78.9 Å². The smallest absolute Gasteiger partial charge is 0.253 e. The Kier molecular flexibility index (Phi) is 8.36. The van der Waals surface area contributed by atoms with E-state index in [-0.39, 0.29) is 5.91 Å². The summed E-state index contributed by atoms with van der Waals surface area (Å²) in [6.45, 7) is 9.24. The number of anilines is 1. The van der Waals surface area contributed by atoms with Gasteiger partial charge in [-0.15, -0.1) is 0 Å². The first kappa shape index (κ1) is 26.6. The number of hydrogen-bond donors (Lipinski definition) is 0. The molecule has 0 unspecified atom stereocenters. The van der Waals surface area contributed by atoms with Crippen LogP contribution in [0.4, 0.5) is 5.82 Å². The van der Waals surface area contributed by atoms with E-state index < -0.39 is 0 Å². The molecular formula is C34H38N4O. The van der Waals surface area contributed by atoms with Crippen LogP contribution in [0.3, 0.4) is 0 Å². The second-order valence-electron chi connectivity index (χ2n) is 10.5. The van der Waals surface area contributed by atoms with Crippen LogP contribution >= 0.6 is 0 Å². The van der Waals surface area contributed by atoms with Gasteiger partial charge in [-0.05, 0) is 49.9 Å². The number of amides is 1. The fourth-order valence-corrected chi connectivity index (χ4v) is 5.29. The number of piperazine rings is 1. The molecule has 5 rings (SSSR count). The highest BCUT2D eigenvalue weighted by molar-refractivity contribution is 5.94. The van der Waals surface area contributed by atoms with E-state index in [1.807, 2.05) is 35.2 Å². The van der Waals surface area contributed by atoms with Crippen LogP contribution in [0.5, 0.6) is 0 Å². The van der Waals surface area contributed by atoms with Gasteiger partial charge in [0, 0.05) is 55.0 Å². The first-order valence-corrected chi connectivity index (χ1v) is 14.1. The fourth-order valence-electron chi connectivity index (χ4n) is 5.29. The minimum absolute atomic E-state index is 0.112. The molecule has 1 aliphatic heterocycles. The standard InChI is InChI=1S/C34H38N4O/c1-4-5-11-27-15-17-30(18-16-27)34(39)38-21-19-37(20-22-38)33-31(24-28-12-9-10-25(2)23-28)26(3)35-32(36-33)29-13-7-6-8-14-29/h6-10,12-18,23H,4-5,11,19-22,24H2,1-3H3. The van der Waals surface area contributed by atoms with Gasteiger partial charge >= 0.3 is 0 Å². The van der Waals surface area contributed by atoms with Crippen molar-refractivity contribution in [3.05, 3.63) is 112 Å². The number of aromatic nitrogens is 2. The van der Waals surface area contributed by atoms with Crippen LogP contribution in [-0.2, 0) is 12.8 Å². The molecule has 1 aliphatic rings. The molecule has 3 aromatic carbocycles. The monoisotopic (exact) mass is 518 g/mol. The summed E-state index contributed by atoms with van der Waals surface area (Å²) < 4.78 is 0. The number of unbranched alkanes of at least 4 members (excludes halogenated alkanes) is 1. The van der Waals surface area contributed by atoms with E-state index >= 15 is 0 Å². The highest BCUT2D eigenvalue weighted by Gasteiger charge is 2.26. The minimum Gasteiger partial charge on any atom is -0.353 e. The summed E-state index contributed by atoms with van der Waals surface area (Å²) in [5, 5.41) is 0. The van der Waals surface area contributed by atoms with E-state index in [4.69, 9.17) is 9.97 Å². The van der Waals surface area contributed by atoms with Gasteiger partial charge in [0.2, 0.25) is 0 Å². The van der Waals surface area contributed by atoms with Gasteiger partial charge in [0.1, 0.15) is 5.82 Å². The summed E-state index contributed by atoms with van der Waals surface area (Å²) in [5.41, 5.74) is 7.75. The number of benzene rings is 3. The Balaban J connectivity index is 1.37. The van der Waals surface area contributed by atoms with Gasteiger partial charge in [-0.1, -0.05) is 85.6 Å². The van der Waals surface area contributed by atoms with Crippen LogP contribution in [0, 0.1) is 13.8 Å². The van der Waals surface area contributed by atoms with Gasteiger partial charge in [0.25, 0.3) is 5.91 Å². The first-order chi connectivity index (χ1) is 19.0. The molecule has 2 heterocycles.